The molecule has 12 heteroatoms. The average Bonchev–Trinajstić information content (AvgIpc) is 3.22. The molecule has 1 aliphatic carbocycles. The fourth-order valence-corrected chi connectivity index (χ4v) is 7.87. The Morgan fingerprint density at radius 3 is 2.09 bits per heavy atom. The molecule has 3 aromatic rings. The molecule has 5 rings (SSSR count). The summed E-state index contributed by atoms with van der Waals surface area (Å²) in [6, 6.07) is 15.5. The molecule has 0 radical (unpaired) electrons. The van der Waals surface area contributed by atoms with Crippen LogP contribution in [-0.4, -0.2) is 82.6 Å². The second kappa shape index (κ2) is 20.0. The van der Waals surface area contributed by atoms with Crippen LogP contribution in [0.2, 0.25) is 0 Å². The number of methoxy groups -OCH3 is 5. The Kier molecular flexibility index (Phi) is 14.9. The smallest absolute Gasteiger partial charge is 0.341 e. The first-order chi connectivity index (χ1) is 26.7. The predicted octanol–water partition coefficient (Wildman–Crippen LogP) is 7.55. The number of hydrogen-bond acceptors (Lipinski definition) is 10. The number of ether oxygens (including phenoxy) is 7. The number of likely N-dealkylation sites (tertiary alicyclic amines) is 1. The van der Waals surface area contributed by atoms with Gasteiger partial charge in [-0.25, -0.2) is 9.59 Å². The SMILES string of the molecule is COc1ccc(CC[C@@H](OC(=O)[C@@H]2CCCCN2C(=O)[C@H](CC2CCCCC2)c2cc(OC)c(OC)c(OC)c2)c2cccc(OCC(=O)O)c2)cc1OC. The Bertz CT molecular complexity index is 1730. The number of carbonyl (C=O) groups is 3. The normalized spacial score (nSPS) is 17.0. The number of amides is 1. The molecule has 0 unspecified atom stereocenters. The van der Waals surface area contributed by atoms with E-state index in [1.54, 1.807) is 58.6 Å². The highest BCUT2D eigenvalue weighted by Crippen LogP contribution is 2.43. The molecule has 1 saturated carbocycles. The third-order valence-electron chi connectivity index (χ3n) is 10.7. The van der Waals surface area contributed by atoms with E-state index in [0.29, 0.717) is 78.2 Å². The molecule has 3 atom stereocenters. The number of piperidine rings is 1. The molecule has 1 heterocycles. The van der Waals surface area contributed by atoms with Crippen molar-refractivity contribution >= 4 is 17.8 Å². The van der Waals surface area contributed by atoms with Crippen LogP contribution in [0, 0.1) is 5.92 Å². The summed E-state index contributed by atoms with van der Waals surface area (Å²) in [7, 11) is 7.83. The van der Waals surface area contributed by atoms with Crippen molar-refractivity contribution in [3.05, 3.63) is 71.3 Å². The molecular weight excluding hydrogens is 706 g/mol. The first-order valence-corrected chi connectivity index (χ1v) is 19.2. The molecule has 12 nitrogen and oxygen atoms in total. The molecular formula is C43H55NO11. The van der Waals surface area contributed by atoms with Crippen LogP contribution >= 0.6 is 0 Å². The van der Waals surface area contributed by atoms with Crippen molar-refractivity contribution in [3.8, 4) is 34.5 Å². The maximum absolute atomic E-state index is 14.9. The summed E-state index contributed by atoms with van der Waals surface area (Å²) in [5.74, 6) is 1.07. The number of esters is 1. The highest BCUT2D eigenvalue weighted by molar-refractivity contribution is 5.89. The third-order valence-corrected chi connectivity index (χ3v) is 10.7. The van der Waals surface area contributed by atoms with Crippen molar-refractivity contribution < 1.29 is 52.6 Å². The fourth-order valence-electron chi connectivity index (χ4n) is 7.87. The lowest BCUT2D eigenvalue weighted by molar-refractivity contribution is -0.162. The Morgan fingerprint density at radius 1 is 0.745 bits per heavy atom. The molecule has 1 saturated heterocycles. The molecule has 3 aromatic carbocycles. The van der Waals surface area contributed by atoms with Gasteiger partial charge in [-0.3, -0.25) is 4.79 Å². The van der Waals surface area contributed by atoms with Crippen LogP contribution in [0.3, 0.4) is 0 Å². The Morgan fingerprint density at radius 2 is 1.44 bits per heavy atom. The number of carboxylic acid groups (broad SMARTS) is 1. The maximum Gasteiger partial charge on any atom is 0.341 e. The molecule has 298 valence electrons. The predicted molar refractivity (Wildman–Crippen MR) is 206 cm³/mol. The summed E-state index contributed by atoms with van der Waals surface area (Å²) in [5.41, 5.74) is 2.36. The minimum atomic E-state index is -1.10. The highest BCUT2D eigenvalue weighted by atomic mass is 16.5. The van der Waals surface area contributed by atoms with E-state index in [1.807, 2.05) is 36.4 Å². The molecule has 2 fully saturated rings. The van der Waals surface area contributed by atoms with Gasteiger partial charge in [-0.1, -0.05) is 50.3 Å². The van der Waals surface area contributed by atoms with Gasteiger partial charge >= 0.3 is 11.9 Å². The monoisotopic (exact) mass is 761 g/mol. The molecule has 1 N–H and O–H groups in total. The number of hydrogen-bond donors (Lipinski definition) is 1. The van der Waals surface area contributed by atoms with Crippen LogP contribution in [0.25, 0.3) is 0 Å². The number of nitrogens with zero attached hydrogens (tertiary/aromatic N) is 1. The topological polar surface area (TPSA) is 139 Å². The molecule has 0 bridgehead atoms. The van der Waals surface area contributed by atoms with Crippen LogP contribution in [0.5, 0.6) is 34.5 Å². The fraction of sp³-hybridized carbons (Fsp3) is 0.512. The number of aryl methyl sites for hydroxylation is 1. The first kappa shape index (κ1) is 41.0. The number of carbonyl (C=O) groups excluding carboxylic acids is 2. The van der Waals surface area contributed by atoms with Crippen LogP contribution in [0.15, 0.2) is 54.6 Å². The van der Waals surface area contributed by atoms with E-state index in [0.717, 1.165) is 49.7 Å². The van der Waals surface area contributed by atoms with E-state index in [-0.39, 0.29) is 5.91 Å². The lowest BCUT2D eigenvalue weighted by atomic mass is 9.79. The Balaban J connectivity index is 1.44. The van der Waals surface area contributed by atoms with Gasteiger partial charge in [0.1, 0.15) is 17.9 Å². The molecule has 1 aliphatic heterocycles. The summed E-state index contributed by atoms with van der Waals surface area (Å²) < 4.78 is 39.7. The second-order valence-corrected chi connectivity index (χ2v) is 14.2. The second-order valence-electron chi connectivity index (χ2n) is 14.2. The summed E-state index contributed by atoms with van der Waals surface area (Å²) in [5, 5.41) is 9.19. The molecule has 1 amide bonds. The third kappa shape index (κ3) is 10.6. The molecule has 0 aromatic heterocycles. The van der Waals surface area contributed by atoms with Crippen molar-refractivity contribution in [1.82, 2.24) is 4.90 Å². The van der Waals surface area contributed by atoms with Gasteiger partial charge in [0.2, 0.25) is 11.7 Å². The van der Waals surface area contributed by atoms with E-state index in [9.17, 15) is 19.5 Å². The number of rotatable bonds is 18. The number of carboxylic acids is 1. The van der Waals surface area contributed by atoms with Gasteiger partial charge in [0.15, 0.2) is 29.6 Å². The summed E-state index contributed by atoms with van der Waals surface area (Å²) in [4.78, 5) is 42.3. The summed E-state index contributed by atoms with van der Waals surface area (Å²) >= 11 is 0. The zero-order chi connectivity index (χ0) is 39.3. The lowest BCUT2D eigenvalue weighted by Crippen LogP contribution is -2.50. The van der Waals surface area contributed by atoms with Gasteiger partial charge in [-0.15, -0.1) is 0 Å². The zero-order valence-corrected chi connectivity index (χ0v) is 32.7. The van der Waals surface area contributed by atoms with Crippen LogP contribution in [-0.2, 0) is 25.5 Å². The maximum atomic E-state index is 14.9. The van der Waals surface area contributed by atoms with E-state index >= 15 is 0 Å². The quantitative estimate of drug-likeness (QED) is 0.129. The average molecular weight is 762 g/mol. The van der Waals surface area contributed by atoms with Gasteiger partial charge in [0.25, 0.3) is 0 Å². The van der Waals surface area contributed by atoms with Crippen molar-refractivity contribution in [3.63, 3.8) is 0 Å². The lowest BCUT2D eigenvalue weighted by Gasteiger charge is -2.38. The van der Waals surface area contributed by atoms with Gasteiger partial charge in [-0.05, 0) is 97.5 Å². The molecule has 55 heavy (non-hydrogen) atoms. The zero-order valence-electron chi connectivity index (χ0n) is 32.7. The van der Waals surface area contributed by atoms with Gasteiger partial charge in [-0.2, -0.15) is 0 Å². The van der Waals surface area contributed by atoms with E-state index in [1.165, 1.54) is 6.42 Å². The van der Waals surface area contributed by atoms with Gasteiger partial charge in [0.05, 0.1) is 41.5 Å². The van der Waals surface area contributed by atoms with Crippen molar-refractivity contribution in [2.75, 3.05) is 48.7 Å². The van der Waals surface area contributed by atoms with Crippen LogP contribution < -0.4 is 28.4 Å². The van der Waals surface area contributed by atoms with Crippen molar-refractivity contribution in [2.24, 2.45) is 5.92 Å². The molecule has 0 spiro atoms. The number of aliphatic carboxylic acids is 1. The largest absolute Gasteiger partial charge is 0.493 e. The van der Waals surface area contributed by atoms with Gasteiger partial charge < -0.3 is 43.2 Å². The molecule has 2 aliphatic rings. The first-order valence-electron chi connectivity index (χ1n) is 19.2. The van der Waals surface area contributed by atoms with E-state index < -0.39 is 36.6 Å². The van der Waals surface area contributed by atoms with Crippen LogP contribution in [0.4, 0.5) is 0 Å². The minimum Gasteiger partial charge on any atom is -0.493 e. The van der Waals surface area contributed by atoms with E-state index in [2.05, 4.69) is 0 Å². The van der Waals surface area contributed by atoms with Gasteiger partial charge in [0, 0.05) is 6.54 Å². The summed E-state index contributed by atoms with van der Waals surface area (Å²) in [6.45, 7) is -0.0777. The van der Waals surface area contributed by atoms with Crippen molar-refractivity contribution in [2.45, 2.75) is 88.7 Å². The van der Waals surface area contributed by atoms with Crippen LogP contribution in [0.1, 0.15) is 92.9 Å². The van der Waals surface area contributed by atoms with E-state index in [4.69, 9.17) is 33.2 Å². The van der Waals surface area contributed by atoms with Crippen molar-refractivity contribution in [1.29, 1.82) is 0 Å². The highest BCUT2D eigenvalue weighted by Gasteiger charge is 2.39. The summed E-state index contributed by atoms with van der Waals surface area (Å²) in [6.07, 6.45) is 8.43. The Hall–Kier alpha value is -5.13. The Labute approximate surface area is 323 Å². The standard InChI is InChI=1S/C43H55NO11/c1-49-36-20-18-29(23-37(36)50-2)17-19-35(30-14-11-15-32(24-30)54-27-40(45)46)55-43(48)34-16-9-10-21-44(34)42(47)33(22-28-12-7-6-8-13-28)31-25-38(51-3)41(53-5)39(26-31)52-4/h11,14-15,18,20,23-26,28,33-35H,6-10,12-13,16-17,19,21-22,27H2,1-5H3,(H,45,46)/t33-,34+,35-/m1/s1. The number of benzene rings is 3. The minimum absolute atomic E-state index is 0.118.